The number of hydrogen-bond donors (Lipinski definition) is 2. The molecule has 0 saturated heterocycles. The minimum absolute atomic E-state index is 0.0268. The Morgan fingerprint density at radius 1 is 0.875 bits per heavy atom. The third kappa shape index (κ3) is 5.21. The van der Waals surface area contributed by atoms with Crippen molar-refractivity contribution in [1.29, 1.82) is 0 Å². The van der Waals surface area contributed by atoms with Crippen molar-refractivity contribution in [2.75, 3.05) is 0 Å². The number of unbranched alkanes of at least 4 members (excludes halogenated alkanes) is 3. The fourth-order valence-electron chi connectivity index (χ4n) is 1.64. The highest BCUT2D eigenvalue weighted by Gasteiger charge is 2.44. The molecule has 0 aliphatic rings. The molecule has 0 aromatic heterocycles. The molecular formula is C12H24F2O2. The van der Waals surface area contributed by atoms with Crippen molar-refractivity contribution in [3.05, 3.63) is 0 Å². The lowest BCUT2D eigenvalue weighted by molar-refractivity contribution is -0.180. The fraction of sp³-hybridized carbons (Fsp3) is 1.00. The average Bonchev–Trinajstić information content (AvgIpc) is 2.24. The summed E-state index contributed by atoms with van der Waals surface area (Å²) < 4.78 is 26.8. The minimum atomic E-state index is -3.37. The van der Waals surface area contributed by atoms with Crippen LogP contribution in [0.1, 0.15) is 58.8 Å². The van der Waals surface area contributed by atoms with Gasteiger partial charge in [0.25, 0.3) is 5.92 Å². The normalized spacial score (nSPS) is 16.1. The Kier molecular flexibility index (Phi) is 7.85. The molecule has 2 atom stereocenters. The molecule has 0 aromatic rings. The lowest BCUT2D eigenvalue weighted by Crippen LogP contribution is -2.44. The first-order chi connectivity index (χ1) is 7.46. The number of aliphatic hydroxyl groups excluding tert-OH is 2. The predicted molar refractivity (Wildman–Crippen MR) is 60.6 cm³/mol. The second-order valence-corrected chi connectivity index (χ2v) is 4.34. The first-order valence-corrected chi connectivity index (χ1v) is 6.20. The Labute approximate surface area is 96.7 Å². The molecular weight excluding hydrogens is 214 g/mol. The Morgan fingerprint density at radius 3 is 1.94 bits per heavy atom. The summed E-state index contributed by atoms with van der Waals surface area (Å²) in [6.45, 7) is 3.77. The van der Waals surface area contributed by atoms with E-state index in [0.29, 0.717) is 12.8 Å². The summed E-state index contributed by atoms with van der Waals surface area (Å²) in [6, 6.07) is 0. The van der Waals surface area contributed by atoms with E-state index in [0.717, 1.165) is 19.3 Å². The van der Waals surface area contributed by atoms with E-state index in [1.807, 2.05) is 6.92 Å². The molecule has 4 heteroatoms. The average molecular weight is 238 g/mol. The number of rotatable bonds is 9. The first-order valence-electron chi connectivity index (χ1n) is 6.20. The monoisotopic (exact) mass is 238 g/mol. The zero-order valence-corrected chi connectivity index (χ0v) is 10.3. The summed E-state index contributed by atoms with van der Waals surface area (Å²) in [4.78, 5) is 0. The van der Waals surface area contributed by atoms with E-state index in [1.165, 1.54) is 0 Å². The van der Waals surface area contributed by atoms with E-state index < -0.39 is 18.1 Å². The number of hydrogen-bond acceptors (Lipinski definition) is 2. The molecule has 2 N–H and O–H groups in total. The van der Waals surface area contributed by atoms with Gasteiger partial charge in [-0.1, -0.05) is 46.0 Å². The van der Waals surface area contributed by atoms with Crippen molar-refractivity contribution in [2.45, 2.75) is 76.9 Å². The summed E-state index contributed by atoms with van der Waals surface area (Å²) in [7, 11) is 0. The van der Waals surface area contributed by atoms with Gasteiger partial charge in [-0.2, -0.15) is 0 Å². The smallest absolute Gasteiger partial charge is 0.298 e. The van der Waals surface area contributed by atoms with Crippen LogP contribution in [0.4, 0.5) is 8.78 Å². The number of halogens is 2. The zero-order valence-electron chi connectivity index (χ0n) is 10.3. The molecule has 0 radical (unpaired) electrons. The summed E-state index contributed by atoms with van der Waals surface area (Å²) in [5, 5.41) is 18.6. The van der Waals surface area contributed by atoms with Crippen LogP contribution in [0.2, 0.25) is 0 Å². The molecule has 0 aliphatic carbocycles. The molecule has 0 unspecified atom stereocenters. The predicted octanol–water partition coefficient (Wildman–Crippen LogP) is 3.11. The van der Waals surface area contributed by atoms with Crippen LogP contribution in [0, 0.1) is 0 Å². The highest BCUT2D eigenvalue weighted by atomic mass is 19.3. The zero-order chi connectivity index (χ0) is 12.6. The minimum Gasteiger partial charge on any atom is -0.387 e. The van der Waals surface area contributed by atoms with Crippen molar-refractivity contribution in [3.63, 3.8) is 0 Å². The van der Waals surface area contributed by atoms with Crippen LogP contribution in [0.5, 0.6) is 0 Å². The van der Waals surface area contributed by atoms with E-state index in [-0.39, 0.29) is 12.8 Å². The second-order valence-electron chi connectivity index (χ2n) is 4.34. The maximum atomic E-state index is 13.4. The Balaban J connectivity index is 3.97. The van der Waals surface area contributed by atoms with Gasteiger partial charge in [0.05, 0.1) is 0 Å². The third-order valence-corrected chi connectivity index (χ3v) is 2.78. The topological polar surface area (TPSA) is 40.5 Å². The third-order valence-electron chi connectivity index (χ3n) is 2.78. The molecule has 0 rings (SSSR count). The highest BCUT2D eigenvalue weighted by molar-refractivity contribution is 4.83. The summed E-state index contributed by atoms with van der Waals surface area (Å²) in [6.07, 6.45) is 0.605. The Bertz CT molecular complexity index is 174. The first kappa shape index (κ1) is 15.8. The van der Waals surface area contributed by atoms with Crippen LogP contribution in [-0.2, 0) is 0 Å². The lowest BCUT2D eigenvalue weighted by atomic mass is 9.98. The molecule has 98 valence electrons. The van der Waals surface area contributed by atoms with E-state index >= 15 is 0 Å². The van der Waals surface area contributed by atoms with E-state index in [2.05, 4.69) is 0 Å². The molecule has 2 nitrogen and oxygen atoms in total. The van der Waals surface area contributed by atoms with Crippen LogP contribution in [0.15, 0.2) is 0 Å². The van der Waals surface area contributed by atoms with E-state index in [9.17, 15) is 19.0 Å². The summed E-state index contributed by atoms with van der Waals surface area (Å²) in [5.74, 6) is -3.37. The van der Waals surface area contributed by atoms with Crippen LogP contribution in [-0.4, -0.2) is 28.3 Å². The standard InChI is InChI=1S/C12H24F2O2/c1-3-5-6-7-9-11(16)12(13,14)10(15)8-4-2/h10-11,15-16H,3-9H2,1-2H3/t10-,11+/m1/s1. The molecule has 0 aliphatic heterocycles. The van der Waals surface area contributed by atoms with E-state index in [4.69, 9.17) is 0 Å². The lowest BCUT2D eigenvalue weighted by Gasteiger charge is -2.27. The molecule has 0 spiro atoms. The van der Waals surface area contributed by atoms with Crippen LogP contribution >= 0.6 is 0 Å². The van der Waals surface area contributed by atoms with Gasteiger partial charge in [-0.15, -0.1) is 0 Å². The number of alkyl halides is 2. The maximum Gasteiger partial charge on any atom is 0.298 e. The van der Waals surface area contributed by atoms with Crippen LogP contribution < -0.4 is 0 Å². The van der Waals surface area contributed by atoms with Gasteiger partial charge in [-0.05, 0) is 12.8 Å². The van der Waals surface area contributed by atoms with Gasteiger partial charge >= 0.3 is 0 Å². The summed E-state index contributed by atoms with van der Waals surface area (Å²) >= 11 is 0. The van der Waals surface area contributed by atoms with E-state index in [1.54, 1.807) is 6.92 Å². The second kappa shape index (κ2) is 7.96. The van der Waals surface area contributed by atoms with Gasteiger partial charge in [-0.25, -0.2) is 8.78 Å². The fourth-order valence-corrected chi connectivity index (χ4v) is 1.64. The SMILES string of the molecule is CCCCCC[C@H](O)C(F)(F)[C@H](O)CCC. The Hall–Kier alpha value is -0.220. The number of aliphatic hydroxyl groups is 2. The van der Waals surface area contributed by atoms with Crippen molar-refractivity contribution in [1.82, 2.24) is 0 Å². The maximum absolute atomic E-state index is 13.4. The van der Waals surface area contributed by atoms with Crippen LogP contribution in [0.25, 0.3) is 0 Å². The largest absolute Gasteiger partial charge is 0.387 e. The molecule has 0 bridgehead atoms. The van der Waals surface area contributed by atoms with Gasteiger partial charge in [0.1, 0.15) is 12.2 Å². The quantitative estimate of drug-likeness (QED) is 0.606. The molecule has 0 fully saturated rings. The van der Waals surface area contributed by atoms with Gasteiger partial charge in [0, 0.05) is 0 Å². The highest BCUT2D eigenvalue weighted by Crippen LogP contribution is 2.29. The van der Waals surface area contributed by atoms with Gasteiger partial charge < -0.3 is 10.2 Å². The molecule has 0 heterocycles. The van der Waals surface area contributed by atoms with Gasteiger partial charge in [0.2, 0.25) is 0 Å². The van der Waals surface area contributed by atoms with Crippen molar-refractivity contribution in [2.24, 2.45) is 0 Å². The molecule has 0 aromatic carbocycles. The van der Waals surface area contributed by atoms with Crippen molar-refractivity contribution >= 4 is 0 Å². The molecule has 16 heavy (non-hydrogen) atoms. The van der Waals surface area contributed by atoms with Crippen molar-refractivity contribution in [3.8, 4) is 0 Å². The molecule has 0 saturated carbocycles. The Morgan fingerprint density at radius 2 is 1.44 bits per heavy atom. The summed E-state index contributed by atoms with van der Waals surface area (Å²) in [5.41, 5.74) is 0. The van der Waals surface area contributed by atoms with Crippen molar-refractivity contribution < 1.29 is 19.0 Å². The van der Waals surface area contributed by atoms with Gasteiger partial charge in [-0.3, -0.25) is 0 Å². The van der Waals surface area contributed by atoms with Crippen LogP contribution in [0.3, 0.4) is 0 Å². The van der Waals surface area contributed by atoms with Gasteiger partial charge in [0.15, 0.2) is 0 Å². The molecule has 0 amide bonds.